The first-order valence-electron chi connectivity index (χ1n) is 9.19. The SMILES string of the molecule is O=C(/C=C/c1cccc([N+](=O)[O-])c1)N1CCCN(Cc2ccc(F)cc2)CC1. The highest BCUT2D eigenvalue weighted by Crippen LogP contribution is 2.15. The Kier molecular flexibility index (Phi) is 6.49. The Labute approximate surface area is 163 Å². The summed E-state index contributed by atoms with van der Waals surface area (Å²) in [5.74, 6) is -0.345. The van der Waals surface area contributed by atoms with Gasteiger partial charge in [0.1, 0.15) is 5.82 Å². The topological polar surface area (TPSA) is 66.7 Å². The van der Waals surface area contributed by atoms with Crippen molar-refractivity contribution in [2.75, 3.05) is 26.2 Å². The molecule has 1 fully saturated rings. The quantitative estimate of drug-likeness (QED) is 0.450. The Bertz CT molecular complexity index is 867. The highest BCUT2D eigenvalue weighted by Gasteiger charge is 2.17. The van der Waals surface area contributed by atoms with Gasteiger partial charge in [-0.2, -0.15) is 0 Å². The molecule has 0 unspecified atom stereocenters. The van der Waals surface area contributed by atoms with Gasteiger partial charge < -0.3 is 4.90 Å². The van der Waals surface area contributed by atoms with Crippen LogP contribution >= 0.6 is 0 Å². The average molecular weight is 383 g/mol. The van der Waals surface area contributed by atoms with E-state index in [1.54, 1.807) is 35.2 Å². The zero-order valence-corrected chi connectivity index (χ0v) is 15.5. The molecule has 146 valence electrons. The number of halogens is 1. The van der Waals surface area contributed by atoms with Crippen LogP contribution in [0.4, 0.5) is 10.1 Å². The van der Waals surface area contributed by atoms with E-state index >= 15 is 0 Å². The Morgan fingerprint density at radius 2 is 1.89 bits per heavy atom. The first kappa shape index (κ1) is 19.7. The molecule has 0 radical (unpaired) electrons. The molecule has 1 aliphatic heterocycles. The van der Waals surface area contributed by atoms with Crippen LogP contribution in [0.5, 0.6) is 0 Å². The minimum Gasteiger partial charge on any atom is -0.338 e. The molecule has 1 saturated heterocycles. The van der Waals surface area contributed by atoms with Crippen molar-refractivity contribution in [1.82, 2.24) is 9.80 Å². The zero-order chi connectivity index (χ0) is 19.9. The van der Waals surface area contributed by atoms with Crippen molar-refractivity contribution < 1.29 is 14.1 Å². The first-order valence-corrected chi connectivity index (χ1v) is 9.19. The highest BCUT2D eigenvalue weighted by molar-refractivity contribution is 5.91. The molecule has 0 aliphatic carbocycles. The van der Waals surface area contributed by atoms with Gasteiger partial charge in [-0.1, -0.05) is 24.3 Å². The van der Waals surface area contributed by atoms with Crippen LogP contribution in [0.2, 0.25) is 0 Å². The summed E-state index contributed by atoms with van der Waals surface area (Å²) in [6.07, 6.45) is 3.93. The monoisotopic (exact) mass is 383 g/mol. The van der Waals surface area contributed by atoms with Crippen LogP contribution in [0.15, 0.2) is 54.6 Å². The van der Waals surface area contributed by atoms with Crippen LogP contribution < -0.4 is 0 Å². The van der Waals surface area contributed by atoms with Crippen molar-refractivity contribution in [3.05, 3.63) is 81.7 Å². The van der Waals surface area contributed by atoms with E-state index in [1.165, 1.54) is 30.3 Å². The third-order valence-corrected chi connectivity index (χ3v) is 4.72. The van der Waals surface area contributed by atoms with Gasteiger partial charge in [0.15, 0.2) is 0 Å². The summed E-state index contributed by atoms with van der Waals surface area (Å²) in [5.41, 5.74) is 1.67. The number of hydrogen-bond acceptors (Lipinski definition) is 4. The molecule has 3 rings (SSSR count). The van der Waals surface area contributed by atoms with Crippen LogP contribution in [0, 0.1) is 15.9 Å². The maximum absolute atomic E-state index is 13.0. The summed E-state index contributed by atoms with van der Waals surface area (Å²) < 4.78 is 13.0. The van der Waals surface area contributed by atoms with E-state index in [-0.39, 0.29) is 17.4 Å². The number of amides is 1. The average Bonchev–Trinajstić information content (AvgIpc) is 2.94. The number of nitro benzene ring substituents is 1. The van der Waals surface area contributed by atoms with Crippen molar-refractivity contribution in [2.24, 2.45) is 0 Å². The second-order valence-corrected chi connectivity index (χ2v) is 6.77. The zero-order valence-electron chi connectivity index (χ0n) is 15.5. The van der Waals surface area contributed by atoms with E-state index in [1.807, 2.05) is 0 Å². The molecule has 2 aromatic carbocycles. The van der Waals surface area contributed by atoms with Crippen molar-refractivity contribution in [3.63, 3.8) is 0 Å². The summed E-state index contributed by atoms with van der Waals surface area (Å²) in [6.45, 7) is 3.62. The van der Waals surface area contributed by atoms with Gasteiger partial charge in [-0.05, 0) is 35.8 Å². The predicted molar refractivity (Wildman–Crippen MR) is 105 cm³/mol. The van der Waals surface area contributed by atoms with Gasteiger partial charge in [0.2, 0.25) is 5.91 Å². The smallest absolute Gasteiger partial charge is 0.270 e. The van der Waals surface area contributed by atoms with Gasteiger partial charge in [-0.3, -0.25) is 19.8 Å². The standard InChI is InChI=1S/C21H22FN3O3/c22-19-8-5-18(6-9-19)16-23-11-2-12-24(14-13-23)21(26)10-7-17-3-1-4-20(15-17)25(27)28/h1,3-10,15H,2,11-14,16H2/b10-7+. The van der Waals surface area contributed by atoms with Gasteiger partial charge in [0.05, 0.1) is 4.92 Å². The lowest BCUT2D eigenvalue weighted by Crippen LogP contribution is -2.34. The molecule has 28 heavy (non-hydrogen) atoms. The largest absolute Gasteiger partial charge is 0.338 e. The van der Waals surface area contributed by atoms with Crippen LogP contribution in [0.25, 0.3) is 6.08 Å². The molecule has 0 spiro atoms. The maximum atomic E-state index is 13.0. The molecule has 1 amide bonds. The lowest BCUT2D eigenvalue weighted by atomic mass is 10.2. The van der Waals surface area contributed by atoms with E-state index in [2.05, 4.69) is 4.90 Å². The fourth-order valence-electron chi connectivity index (χ4n) is 3.21. The Balaban J connectivity index is 1.55. The predicted octanol–water partition coefficient (Wildman–Crippen LogP) is 3.48. The third kappa shape index (κ3) is 5.47. The molecular formula is C21H22FN3O3. The lowest BCUT2D eigenvalue weighted by Gasteiger charge is -2.21. The number of carbonyl (C=O) groups is 1. The number of benzene rings is 2. The summed E-state index contributed by atoms with van der Waals surface area (Å²) in [4.78, 5) is 26.9. The normalized spacial score (nSPS) is 15.5. The molecule has 1 aliphatic rings. The number of nitro groups is 1. The first-order chi connectivity index (χ1) is 13.5. The molecule has 0 aromatic heterocycles. The Hall–Kier alpha value is -3.06. The molecule has 0 N–H and O–H groups in total. The van der Waals surface area contributed by atoms with E-state index in [0.717, 1.165) is 31.6 Å². The fourth-order valence-corrected chi connectivity index (χ4v) is 3.21. The molecule has 2 aromatic rings. The van der Waals surface area contributed by atoms with Gasteiger partial charge in [0.25, 0.3) is 5.69 Å². The molecule has 0 saturated carbocycles. The maximum Gasteiger partial charge on any atom is 0.270 e. The number of rotatable bonds is 5. The summed E-state index contributed by atoms with van der Waals surface area (Å²) >= 11 is 0. The van der Waals surface area contributed by atoms with Crippen LogP contribution in [0.3, 0.4) is 0 Å². The lowest BCUT2D eigenvalue weighted by molar-refractivity contribution is -0.384. The summed E-state index contributed by atoms with van der Waals surface area (Å²) in [5, 5.41) is 10.8. The van der Waals surface area contributed by atoms with Gasteiger partial charge in [0, 0.05) is 50.9 Å². The molecule has 1 heterocycles. The van der Waals surface area contributed by atoms with E-state index in [0.29, 0.717) is 18.7 Å². The van der Waals surface area contributed by atoms with Crippen molar-refractivity contribution in [2.45, 2.75) is 13.0 Å². The van der Waals surface area contributed by atoms with Crippen LogP contribution in [-0.4, -0.2) is 46.8 Å². The Morgan fingerprint density at radius 3 is 2.64 bits per heavy atom. The number of nitrogens with zero attached hydrogens (tertiary/aromatic N) is 3. The van der Waals surface area contributed by atoms with Crippen LogP contribution in [-0.2, 0) is 11.3 Å². The minimum absolute atomic E-state index is 0.000747. The van der Waals surface area contributed by atoms with E-state index in [4.69, 9.17) is 0 Å². The van der Waals surface area contributed by atoms with Crippen molar-refractivity contribution in [1.29, 1.82) is 0 Å². The fraction of sp³-hybridized carbons (Fsp3) is 0.286. The minimum atomic E-state index is -0.455. The van der Waals surface area contributed by atoms with Gasteiger partial charge >= 0.3 is 0 Å². The molecule has 6 nitrogen and oxygen atoms in total. The van der Waals surface area contributed by atoms with E-state index < -0.39 is 4.92 Å². The Morgan fingerprint density at radius 1 is 1.11 bits per heavy atom. The third-order valence-electron chi connectivity index (χ3n) is 4.72. The van der Waals surface area contributed by atoms with Gasteiger partial charge in [-0.25, -0.2) is 4.39 Å². The van der Waals surface area contributed by atoms with Crippen molar-refractivity contribution >= 4 is 17.7 Å². The molecule has 0 atom stereocenters. The molecule has 0 bridgehead atoms. The van der Waals surface area contributed by atoms with Gasteiger partial charge in [-0.15, -0.1) is 0 Å². The number of carbonyl (C=O) groups excluding carboxylic acids is 1. The molecular weight excluding hydrogens is 361 g/mol. The van der Waals surface area contributed by atoms with Crippen molar-refractivity contribution in [3.8, 4) is 0 Å². The number of non-ortho nitro benzene ring substituents is 1. The highest BCUT2D eigenvalue weighted by atomic mass is 19.1. The van der Waals surface area contributed by atoms with Crippen LogP contribution in [0.1, 0.15) is 17.5 Å². The summed E-state index contributed by atoms with van der Waals surface area (Å²) in [6, 6.07) is 12.7. The second-order valence-electron chi connectivity index (χ2n) is 6.77. The molecule has 7 heteroatoms. The van der Waals surface area contributed by atoms with E-state index in [9.17, 15) is 19.3 Å². The number of hydrogen-bond donors (Lipinski definition) is 0. The summed E-state index contributed by atoms with van der Waals surface area (Å²) in [7, 11) is 0. The second kappa shape index (κ2) is 9.23.